The molecule has 156 valence electrons. The molecule has 0 fully saturated rings. The van der Waals surface area contributed by atoms with Crippen molar-refractivity contribution in [1.82, 2.24) is 0 Å². The fourth-order valence-corrected chi connectivity index (χ4v) is 2.84. The standard InChI is InChI=1S/C20H14ClF7O/c1-10-7-12(4-6-17(10)21)15(19(23,24)25)9-18(22)13-3-5-14(11(2)29)16(8-13)20(26,27)28/h3-9,15H,1-2H3/b18-9-. The molecule has 0 heterocycles. The Labute approximate surface area is 166 Å². The summed E-state index contributed by atoms with van der Waals surface area (Å²) < 4.78 is 94.5. The van der Waals surface area contributed by atoms with Crippen molar-refractivity contribution in [3.05, 3.63) is 75.3 Å². The van der Waals surface area contributed by atoms with Gasteiger partial charge < -0.3 is 0 Å². The number of rotatable bonds is 4. The van der Waals surface area contributed by atoms with Crippen molar-refractivity contribution in [2.24, 2.45) is 0 Å². The second kappa shape index (κ2) is 8.18. The van der Waals surface area contributed by atoms with Crippen molar-refractivity contribution >= 4 is 23.2 Å². The predicted octanol–water partition coefficient (Wildman–Crippen LogP) is 7.53. The van der Waals surface area contributed by atoms with Gasteiger partial charge in [0.25, 0.3) is 0 Å². The molecule has 0 saturated carbocycles. The molecule has 0 N–H and O–H groups in total. The highest BCUT2D eigenvalue weighted by Gasteiger charge is 2.40. The van der Waals surface area contributed by atoms with Crippen molar-refractivity contribution in [3.63, 3.8) is 0 Å². The zero-order valence-corrected chi connectivity index (χ0v) is 15.8. The smallest absolute Gasteiger partial charge is 0.294 e. The molecular formula is C20H14ClF7O. The number of benzene rings is 2. The molecule has 0 aliphatic carbocycles. The summed E-state index contributed by atoms with van der Waals surface area (Å²) in [5, 5.41) is 0.216. The molecule has 0 saturated heterocycles. The maximum atomic E-state index is 14.6. The lowest BCUT2D eigenvalue weighted by atomic mass is 9.94. The molecule has 9 heteroatoms. The third-order valence-electron chi connectivity index (χ3n) is 4.19. The fourth-order valence-electron chi connectivity index (χ4n) is 2.72. The van der Waals surface area contributed by atoms with E-state index in [-0.39, 0.29) is 16.7 Å². The summed E-state index contributed by atoms with van der Waals surface area (Å²) in [5.41, 5.74) is -2.82. The maximum Gasteiger partial charge on any atom is 0.417 e. The average molecular weight is 439 g/mol. The number of halogens is 8. The van der Waals surface area contributed by atoms with Gasteiger partial charge in [0, 0.05) is 16.1 Å². The third kappa shape index (κ3) is 5.38. The van der Waals surface area contributed by atoms with E-state index in [0.29, 0.717) is 11.6 Å². The minimum absolute atomic E-state index is 0.200. The number of allylic oxidation sites excluding steroid dienone is 1. The van der Waals surface area contributed by atoms with Crippen LogP contribution in [0.5, 0.6) is 0 Å². The lowest BCUT2D eigenvalue weighted by Gasteiger charge is -2.19. The van der Waals surface area contributed by atoms with Gasteiger partial charge in [0.15, 0.2) is 5.78 Å². The fraction of sp³-hybridized carbons (Fsp3) is 0.250. The van der Waals surface area contributed by atoms with Crippen LogP contribution in [0.4, 0.5) is 30.7 Å². The zero-order chi connectivity index (χ0) is 22.1. The Hall–Kier alpha value is -2.35. The van der Waals surface area contributed by atoms with Gasteiger partial charge in [-0.15, -0.1) is 0 Å². The molecule has 1 atom stereocenters. The summed E-state index contributed by atoms with van der Waals surface area (Å²) in [4.78, 5) is 11.4. The molecule has 29 heavy (non-hydrogen) atoms. The lowest BCUT2D eigenvalue weighted by molar-refractivity contribution is -0.140. The van der Waals surface area contributed by atoms with Gasteiger partial charge >= 0.3 is 12.4 Å². The molecule has 0 aromatic heterocycles. The van der Waals surface area contributed by atoms with Gasteiger partial charge in [0.2, 0.25) is 0 Å². The number of aryl methyl sites for hydroxylation is 1. The number of carbonyl (C=O) groups is 1. The highest BCUT2D eigenvalue weighted by Crippen LogP contribution is 2.40. The van der Waals surface area contributed by atoms with Crippen molar-refractivity contribution in [2.45, 2.75) is 32.1 Å². The van der Waals surface area contributed by atoms with Gasteiger partial charge in [0.1, 0.15) is 11.7 Å². The Morgan fingerprint density at radius 3 is 2.14 bits per heavy atom. The van der Waals surface area contributed by atoms with E-state index >= 15 is 0 Å². The molecule has 2 aromatic carbocycles. The molecule has 2 aromatic rings. The Morgan fingerprint density at radius 1 is 1.03 bits per heavy atom. The van der Waals surface area contributed by atoms with E-state index in [1.165, 1.54) is 13.0 Å². The number of hydrogen-bond donors (Lipinski definition) is 0. The summed E-state index contributed by atoms with van der Waals surface area (Å²) in [6.07, 6.45) is -9.68. The van der Waals surface area contributed by atoms with Gasteiger partial charge in [-0.2, -0.15) is 26.3 Å². The van der Waals surface area contributed by atoms with Gasteiger partial charge in [-0.05, 0) is 43.2 Å². The van der Waals surface area contributed by atoms with Gasteiger partial charge in [-0.1, -0.05) is 35.9 Å². The van der Waals surface area contributed by atoms with Crippen LogP contribution in [-0.2, 0) is 6.18 Å². The number of alkyl halides is 6. The highest BCUT2D eigenvalue weighted by molar-refractivity contribution is 6.31. The summed E-state index contributed by atoms with van der Waals surface area (Å²) in [5.74, 6) is -4.81. The molecule has 0 amide bonds. The SMILES string of the molecule is CC(=O)c1ccc(/C(F)=C/C(c2ccc(Cl)c(C)c2)C(F)(F)F)cc1C(F)(F)F. The predicted molar refractivity (Wildman–Crippen MR) is 95.5 cm³/mol. The van der Waals surface area contributed by atoms with Crippen LogP contribution in [-0.4, -0.2) is 12.0 Å². The quantitative estimate of drug-likeness (QED) is 0.356. The van der Waals surface area contributed by atoms with Crippen molar-refractivity contribution in [2.75, 3.05) is 0 Å². The van der Waals surface area contributed by atoms with E-state index in [1.807, 2.05) is 0 Å². The first-order chi connectivity index (χ1) is 13.2. The summed E-state index contributed by atoms with van der Waals surface area (Å²) in [6.45, 7) is 2.37. The van der Waals surface area contributed by atoms with E-state index in [4.69, 9.17) is 11.6 Å². The van der Waals surface area contributed by atoms with Gasteiger partial charge in [0.05, 0.1) is 5.56 Å². The number of hydrogen-bond acceptors (Lipinski definition) is 1. The van der Waals surface area contributed by atoms with Crippen LogP contribution in [0, 0.1) is 6.92 Å². The monoisotopic (exact) mass is 438 g/mol. The minimum Gasteiger partial charge on any atom is -0.294 e. The first-order valence-electron chi connectivity index (χ1n) is 8.14. The van der Waals surface area contributed by atoms with Crippen molar-refractivity contribution < 1.29 is 35.5 Å². The second-order valence-electron chi connectivity index (χ2n) is 6.36. The zero-order valence-electron chi connectivity index (χ0n) is 15.1. The van der Waals surface area contributed by atoms with E-state index in [1.54, 1.807) is 0 Å². The first kappa shape index (κ1) is 22.9. The van der Waals surface area contributed by atoms with Gasteiger partial charge in [-0.3, -0.25) is 4.79 Å². The molecule has 0 aliphatic heterocycles. The largest absolute Gasteiger partial charge is 0.417 e. The van der Waals surface area contributed by atoms with Crippen LogP contribution in [0.3, 0.4) is 0 Å². The van der Waals surface area contributed by atoms with Crippen molar-refractivity contribution in [1.29, 1.82) is 0 Å². The number of carbonyl (C=O) groups excluding carboxylic acids is 1. The molecule has 0 radical (unpaired) electrons. The summed E-state index contributed by atoms with van der Waals surface area (Å²) in [7, 11) is 0. The molecular weight excluding hydrogens is 425 g/mol. The molecule has 1 nitrogen and oxygen atoms in total. The third-order valence-corrected chi connectivity index (χ3v) is 4.61. The van der Waals surface area contributed by atoms with Crippen LogP contribution in [0.2, 0.25) is 5.02 Å². The van der Waals surface area contributed by atoms with E-state index in [0.717, 1.165) is 31.2 Å². The molecule has 0 spiro atoms. The lowest BCUT2D eigenvalue weighted by Crippen LogP contribution is -2.19. The average Bonchev–Trinajstić information content (AvgIpc) is 2.59. The molecule has 1 unspecified atom stereocenters. The highest BCUT2D eigenvalue weighted by atomic mass is 35.5. The Balaban J connectivity index is 2.58. The van der Waals surface area contributed by atoms with Gasteiger partial charge in [-0.25, -0.2) is 4.39 Å². The van der Waals surface area contributed by atoms with E-state index in [2.05, 4.69) is 0 Å². The van der Waals surface area contributed by atoms with Crippen LogP contribution < -0.4 is 0 Å². The van der Waals surface area contributed by atoms with Crippen LogP contribution in [0.1, 0.15) is 45.5 Å². The van der Waals surface area contributed by atoms with E-state index in [9.17, 15) is 35.5 Å². The van der Waals surface area contributed by atoms with Crippen LogP contribution in [0.15, 0.2) is 42.5 Å². The Kier molecular flexibility index (Phi) is 6.47. The first-order valence-corrected chi connectivity index (χ1v) is 8.52. The molecule has 0 bridgehead atoms. The Morgan fingerprint density at radius 2 is 1.66 bits per heavy atom. The Bertz CT molecular complexity index is 958. The maximum absolute atomic E-state index is 14.6. The molecule has 2 rings (SSSR count). The van der Waals surface area contributed by atoms with Crippen LogP contribution in [0.25, 0.3) is 5.83 Å². The van der Waals surface area contributed by atoms with E-state index < -0.39 is 46.6 Å². The van der Waals surface area contributed by atoms with Crippen LogP contribution >= 0.6 is 11.6 Å². The molecule has 0 aliphatic rings. The second-order valence-corrected chi connectivity index (χ2v) is 6.76. The minimum atomic E-state index is -4.98. The summed E-state index contributed by atoms with van der Waals surface area (Å²) >= 11 is 5.80. The summed E-state index contributed by atoms with van der Waals surface area (Å²) in [6, 6.07) is 5.31. The number of ketones is 1. The normalized spacial score (nSPS) is 14.1. The topological polar surface area (TPSA) is 17.1 Å². The van der Waals surface area contributed by atoms with Crippen molar-refractivity contribution in [3.8, 4) is 0 Å². The number of Topliss-reactive ketones (excluding diaryl/α,β-unsaturated/α-hetero) is 1.